The zero-order valence-electron chi connectivity index (χ0n) is 18.9. The topological polar surface area (TPSA) is 105 Å². The Hall–Kier alpha value is -1.71. The molecule has 168 valence electrons. The van der Waals surface area contributed by atoms with Crippen molar-refractivity contribution in [3.63, 3.8) is 0 Å². The van der Waals surface area contributed by atoms with Crippen LogP contribution in [-0.2, 0) is 11.3 Å². The first-order chi connectivity index (χ1) is 14.7. The standard InChI is InChI=1S/C25H36N4O2/c1-16-3-5-19-17(13-16)4-6-21-20(19)7-9-23(2)24(21,27)10-11-25(23,31)22(30)15-29-12-8-18(14-26)28-29/h8,12,16-17,19-21,31H,3-7,9-11,13,15,27H2,1-2H3/t16-,17+,19-,20+,21+,23-,24+,25-/m0/s1. The third-order valence-electron chi connectivity index (χ3n) is 10.2. The second-order valence-electron chi connectivity index (χ2n) is 11.4. The van der Waals surface area contributed by atoms with Crippen LogP contribution in [0.4, 0.5) is 0 Å². The molecular formula is C25H36N4O2. The van der Waals surface area contributed by atoms with Gasteiger partial charge in [-0.25, -0.2) is 0 Å². The van der Waals surface area contributed by atoms with Gasteiger partial charge in [-0.1, -0.05) is 20.3 Å². The van der Waals surface area contributed by atoms with Gasteiger partial charge in [0.2, 0.25) is 0 Å². The minimum atomic E-state index is -1.43. The lowest BCUT2D eigenvalue weighted by Crippen LogP contribution is -2.69. The summed E-state index contributed by atoms with van der Waals surface area (Å²) in [7, 11) is 0. The van der Waals surface area contributed by atoms with E-state index >= 15 is 0 Å². The van der Waals surface area contributed by atoms with Crippen LogP contribution in [0, 0.1) is 46.3 Å². The van der Waals surface area contributed by atoms with Crippen molar-refractivity contribution >= 4 is 5.78 Å². The predicted molar refractivity (Wildman–Crippen MR) is 117 cm³/mol. The first-order valence-corrected chi connectivity index (χ1v) is 12.2. The van der Waals surface area contributed by atoms with E-state index in [1.165, 1.54) is 30.4 Å². The van der Waals surface area contributed by atoms with Gasteiger partial charge in [0.1, 0.15) is 18.2 Å². The Balaban J connectivity index is 1.40. The van der Waals surface area contributed by atoms with E-state index in [0.29, 0.717) is 24.7 Å². The Morgan fingerprint density at radius 3 is 2.81 bits per heavy atom. The summed E-state index contributed by atoms with van der Waals surface area (Å²) >= 11 is 0. The molecule has 0 unspecified atom stereocenters. The highest BCUT2D eigenvalue weighted by molar-refractivity contribution is 5.88. The van der Waals surface area contributed by atoms with Crippen molar-refractivity contribution < 1.29 is 9.90 Å². The SMILES string of the molecule is C[C@H]1CC[C@H]2[C@H](CC[C@@H]3[C@@H]2CC[C@@]2(C)[C@@]3(N)CC[C@]2(O)C(=O)Cn2ccc(C#N)n2)C1. The Morgan fingerprint density at radius 2 is 2.06 bits per heavy atom. The lowest BCUT2D eigenvalue weighted by Gasteiger charge is -2.61. The summed E-state index contributed by atoms with van der Waals surface area (Å²) in [5.41, 5.74) is 5.01. The molecule has 4 aliphatic carbocycles. The quantitative estimate of drug-likeness (QED) is 0.773. The zero-order valence-corrected chi connectivity index (χ0v) is 18.9. The van der Waals surface area contributed by atoms with Crippen LogP contribution >= 0.6 is 0 Å². The van der Waals surface area contributed by atoms with Crippen molar-refractivity contribution in [1.29, 1.82) is 5.26 Å². The number of ketones is 1. The minimum Gasteiger partial charge on any atom is -0.381 e. The molecule has 4 aliphatic rings. The molecule has 4 fully saturated rings. The molecule has 8 atom stereocenters. The monoisotopic (exact) mass is 424 g/mol. The van der Waals surface area contributed by atoms with Crippen molar-refractivity contribution in [3.05, 3.63) is 18.0 Å². The van der Waals surface area contributed by atoms with Gasteiger partial charge in [0, 0.05) is 17.2 Å². The summed E-state index contributed by atoms with van der Waals surface area (Å²) < 4.78 is 1.47. The van der Waals surface area contributed by atoms with Crippen molar-refractivity contribution in [2.75, 3.05) is 0 Å². The van der Waals surface area contributed by atoms with Crippen LogP contribution in [0.15, 0.2) is 12.3 Å². The number of hydrogen-bond donors (Lipinski definition) is 2. The molecule has 0 amide bonds. The molecule has 1 heterocycles. The Kier molecular flexibility index (Phi) is 4.88. The van der Waals surface area contributed by atoms with Gasteiger partial charge in [0.25, 0.3) is 0 Å². The molecular weight excluding hydrogens is 388 g/mol. The number of rotatable bonds is 3. The fourth-order valence-corrected chi connectivity index (χ4v) is 8.43. The lowest BCUT2D eigenvalue weighted by molar-refractivity contribution is -0.167. The molecule has 1 aromatic rings. The molecule has 0 aliphatic heterocycles. The first kappa shape index (κ1) is 21.2. The fourth-order valence-electron chi connectivity index (χ4n) is 8.43. The van der Waals surface area contributed by atoms with Crippen molar-refractivity contribution in [3.8, 4) is 6.07 Å². The maximum atomic E-state index is 13.4. The smallest absolute Gasteiger partial charge is 0.186 e. The summed E-state index contributed by atoms with van der Waals surface area (Å²) in [4.78, 5) is 13.4. The van der Waals surface area contributed by atoms with Gasteiger partial charge >= 0.3 is 0 Å². The van der Waals surface area contributed by atoms with Crippen LogP contribution in [0.1, 0.15) is 77.3 Å². The number of nitrogens with zero attached hydrogens (tertiary/aromatic N) is 3. The molecule has 3 N–H and O–H groups in total. The van der Waals surface area contributed by atoms with Gasteiger partial charge < -0.3 is 10.8 Å². The van der Waals surface area contributed by atoms with Crippen molar-refractivity contribution in [1.82, 2.24) is 9.78 Å². The second-order valence-corrected chi connectivity index (χ2v) is 11.4. The molecule has 4 saturated carbocycles. The maximum Gasteiger partial charge on any atom is 0.186 e. The van der Waals surface area contributed by atoms with Gasteiger partial charge in [0.15, 0.2) is 11.5 Å². The Bertz CT molecular complexity index is 921. The van der Waals surface area contributed by atoms with Gasteiger partial charge in [-0.2, -0.15) is 10.4 Å². The van der Waals surface area contributed by atoms with Crippen molar-refractivity contribution in [2.24, 2.45) is 40.7 Å². The number of carbonyl (C=O) groups excluding carboxylic acids is 1. The van der Waals surface area contributed by atoms with E-state index in [1.54, 1.807) is 12.3 Å². The molecule has 0 aromatic carbocycles. The molecule has 6 heteroatoms. The first-order valence-electron chi connectivity index (χ1n) is 12.2. The highest BCUT2D eigenvalue weighted by Gasteiger charge is 2.71. The van der Waals surface area contributed by atoms with Gasteiger partial charge in [-0.05, 0) is 87.0 Å². The summed E-state index contributed by atoms with van der Waals surface area (Å²) in [5, 5.41) is 25.0. The van der Waals surface area contributed by atoms with Crippen LogP contribution in [-0.4, -0.2) is 31.8 Å². The third-order valence-corrected chi connectivity index (χ3v) is 10.2. The second kappa shape index (κ2) is 7.15. The summed E-state index contributed by atoms with van der Waals surface area (Å²) in [6.45, 7) is 4.46. The van der Waals surface area contributed by atoms with E-state index in [4.69, 9.17) is 11.0 Å². The zero-order chi connectivity index (χ0) is 22.0. The third kappa shape index (κ3) is 2.89. The number of aromatic nitrogens is 2. The van der Waals surface area contributed by atoms with E-state index in [9.17, 15) is 9.90 Å². The summed E-state index contributed by atoms with van der Waals surface area (Å²) in [6.07, 6.45) is 11.1. The number of carbonyl (C=O) groups is 1. The normalized spacial score (nSPS) is 46.5. The number of aliphatic hydroxyl groups is 1. The average molecular weight is 425 g/mol. The molecule has 0 radical (unpaired) electrons. The van der Waals surface area contributed by atoms with Crippen LogP contribution in [0.25, 0.3) is 0 Å². The Labute approximate surface area is 185 Å². The molecule has 1 aromatic heterocycles. The van der Waals surface area contributed by atoms with Crippen LogP contribution < -0.4 is 5.73 Å². The molecule has 6 nitrogen and oxygen atoms in total. The fraction of sp³-hybridized carbons (Fsp3) is 0.800. The maximum absolute atomic E-state index is 13.4. The van der Waals surface area contributed by atoms with Gasteiger partial charge in [-0.15, -0.1) is 0 Å². The molecule has 5 rings (SSSR count). The van der Waals surface area contributed by atoms with E-state index < -0.39 is 16.6 Å². The summed E-state index contributed by atoms with van der Waals surface area (Å²) in [6, 6.07) is 3.58. The average Bonchev–Trinajstić information content (AvgIpc) is 3.29. The highest BCUT2D eigenvalue weighted by atomic mass is 16.3. The van der Waals surface area contributed by atoms with Crippen LogP contribution in [0.5, 0.6) is 0 Å². The molecule has 0 bridgehead atoms. The van der Waals surface area contributed by atoms with Crippen molar-refractivity contribution in [2.45, 2.75) is 89.3 Å². The van der Waals surface area contributed by atoms with Gasteiger partial charge in [-0.3, -0.25) is 9.48 Å². The van der Waals surface area contributed by atoms with Gasteiger partial charge in [0.05, 0.1) is 0 Å². The molecule has 0 saturated heterocycles. The largest absolute Gasteiger partial charge is 0.381 e. The van der Waals surface area contributed by atoms with E-state index in [-0.39, 0.29) is 18.0 Å². The lowest BCUT2D eigenvalue weighted by atomic mass is 9.46. The van der Waals surface area contributed by atoms with Crippen LogP contribution in [0.2, 0.25) is 0 Å². The minimum absolute atomic E-state index is 0.0134. The predicted octanol–water partition coefficient (Wildman–Crippen LogP) is 3.42. The number of hydrogen-bond acceptors (Lipinski definition) is 5. The van der Waals surface area contributed by atoms with E-state index in [1.807, 2.05) is 6.07 Å². The van der Waals surface area contributed by atoms with E-state index in [2.05, 4.69) is 18.9 Å². The number of fused-ring (bicyclic) bond motifs is 5. The Morgan fingerprint density at radius 1 is 1.26 bits per heavy atom. The van der Waals surface area contributed by atoms with E-state index in [0.717, 1.165) is 37.0 Å². The molecule has 0 spiro atoms. The molecule has 31 heavy (non-hydrogen) atoms. The summed E-state index contributed by atoms with van der Waals surface area (Å²) in [5.74, 6) is 3.29. The number of nitrogens with two attached hydrogens (primary N) is 1. The number of Topliss-reactive ketones (excluding diaryl/α,β-unsaturated/α-hetero) is 1. The van der Waals surface area contributed by atoms with Crippen LogP contribution in [0.3, 0.4) is 0 Å². The number of nitriles is 1. The highest BCUT2D eigenvalue weighted by Crippen LogP contribution is 2.66.